The maximum absolute atomic E-state index is 5.88. The van der Waals surface area contributed by atoms with Crippen molar-refractivity contribution in [3.05, 3.63) is 87.5 Å². The van der Waals surface area contributed by atoms with Crippen molar-refractivity contribution in [1.29, 1.82) is 0 Å². The molecule has 150 valence electrons. The van der Waals surface area contributed by atoms with Crippen LogP contribution < -0.4 is 0 Å². The number of oxazole rings is 1. The van der Waals surface area contributed by atoms with Crippen LogP contribution >= 0.6 is 34.4 Å². The molecule has 5 rings (SSSR count). The van der Waals surface area contributed by atoms with Crippen molar-refractivity contribution in [2.45, 2.75) is 24.3 Å². The van der Waals surface area contributed by atoms with Gasteiger partial charge in [-0.25, -0.2) is 4.98 Å². The first-order chi connectivity index (χ1) is 14.8. The van der Waals surface area contributed by atoms with Crippen LogP contribution in [-0.4, -0.2) is 19.7 Å². The number of hydrogen-bond acceptors (Lipinski definition) is 7. The molecule has 0 spiro atoms. The summed E-state index contributed by atoms with van der Waals surface area (Å²) >= 11 is 4.99. The van der Waals surface area contributed by atoms with Crippen molar-refractivity contribution in [2.24, 2.45) is 0 Å². The summed E-state index contributed by atoms with van der Waals surface area (Å²) in [5, 5.41) is 14.0. The van der Waals surface area contributed by atoms with Gasteiger partial charge in [0, 0.05) is 22.7 Å². The molecule has 4 aromatic heterocycles. The van der Waals surface area contributed by atoms with Gasteiger partial charge in [-0.1, -0.05) is 42.1 Å². The predicted molar refractivity (Wildman–Crippen MR) is 123 cm³/mol. The minimum atomic E-state index is 0.671. The molecule has 0 radical (unpaired) electrons. The molecule has 0 aliphatic heterocycles. The van der Waals surface area contributed by atoms with E-state index in [9.17, 15) is 0 Å². The Bertz CT molecular complexity index is 1230. The lowest BCUT2D eigenvalue weighted by molar-refractivity contribution is 0.542. The number of aromatic nitrogens is 4. The van der Waals surface area contributed by atoms with Gasteiger partial charge in [-0.15, -0.1) is 32.9 Å². The highest BCUT2D eigenvalue weighted by atomic mass is 32.2. The molecule has 0 saturated carbocycles. The van der Waals surface area contributed by atoms with Gasteiger partial charge < -0.3 is 4.42 Å². The Morgan fingerprint density at radius 2 is 1.80 bits per heavy atom. The molecular formula is C22H18N4OS3. The fraction of sp³-hybridized carbons (Fsp3) is 0.136. The zero-order chi connectivity index (χ0) is 20.3. The normalized spacial score (nSPS) is 11.2. The highest BCUT2D eigenvalue weighted by Gasteiger charge is 2.18. The van der Waals surface area contributed by atoms with Crippen LogP contribution in [0.15, 0.2) is 74.9 Å². The third kappa shape index (κ3) is 3.98. The van der Waals surface area contributed by atoms with Crippen LogP contribution in [0.3, 0.4) is 0 Å². The lowest BCUT2D eigenvalue weighted by atomic mass is 10.3. The predicted octanol–water partition coefficient (Wildman–Crippen LogP) is 6.24. The van der Waals surface area contributed by atoms with E-state index in [0.717, 1.165) is 39.4 Å². The second-order valence-corrected chi connectivity index (χ2v) is 9.54. The molecule has 8 heteroatoms. The summed E-state index contributed by atoms with van der Waals surface area (Å²) in [4.78, 5) is 7.01. The van der Waals surface area contributed by atoms with Crippen molar-refractivity contribution >= 4 is 34.4 Å². The molecule has 0 aliphatic rings. The standard InChI is InChI=1S/C22H18N4OS3/c1-15-18(23-21(27-15)19-10-6-12-29-19)14-30-22-25-24-20(13-17-9-5-11-28-17)26(22)16-7-3-2-4-8-16/h2-12H,13-14H2,1H3. The average Bonchev–Trinajstić information content (AvgIpc) is 3.56. The van der Waals surface area contributed by atoms with E-state index in [4.69, 9.17) is 9.40 Å². The largest absolute Gasteiger partial charge is 0.440 e. The van der Waals surface area contributed by atoms with Crippen LogP contribution in [-0.2, 0) is 12.2 Å². The Balaban J connectivity index is 1.43. The highest BCUT2D eigenvalue weighted by Crippen LogP contribution is 2.30. The van der Waals surface area contributed by atoms with Crippen LogP contribution in [0.1, 0.15) is 22.2 Å². The zero-order valence-corrected chi connectivity index (χ0v) is 18.6. The van der Waals surface area contributed by atoms with E-state index in [-0.39, 0.29) is 0 Å². The lowest BCUT2D eigenvalue weighted by Crippen LogP contribution is -2.03. The van der Waals surface area contributed by atoms with Gasteiger partial charge in [0.25, 0.3) is 0 Å². The van der Waals surface area contributed by atoms with Crippen LogP contribution in [0.4, 0.5) is 0 Å². The van der Waals surface area contributed by atoms with Crippen LogP contribution in [0, 0.1) is 6.92 Å². The van der Waals surface area contributed by atoms with E-state index in [1.54, 1.807) is 34.4 Å². The number of benzene rings is 1. The maximum atomic E-state index is 5.88. The molecule has 0 fully saturated rings. The third-order valence-corrected chi connectivity index (χ3v) is 7.26. The van der Waals surface area contributed by atoms with Gasteiger partial charge in [0.1, 0.15) is 11.6 Å². The monoisotopic (exact) mass is 450 g/mol. The van der Waals surface area contributed by atoms with Crippen molar-refractivity contribution in [3.63, 3.8) is 0 Å². The van der Waals surface area contributed by atoms with Gasteiger partial charge >= 0.3 is 0 Å². The van der Waals surface area contributed by atoms with Crippen LogP contribution in [0.25, 0.3) is 16.5 Å². The van der Waals surface area contributed by atoms with Crippen LogP contribution in [0.2, 0.25) is 0 Å². The molecule has 0 aliphatic carbocycles. The Labute approximate surface area is 186 Å². The average molecular weight is 451 g/mol. The Hall–Kier alpha value is -2.68. The SMILES string of the molecule is Cc1oc(-c2cccs2)nc1CSc1nnc(Cc2cccs2)n1-c1ccccc1. The quantitative estimate of drug-likeness (QED) is 0.275. The van der Waals surface area contributed by atoms with Crippen molar-refractivity contribution < 1.29 is 4.42 Å². The van der Waals surface area contributed by atoms with Crippen LogP contribution in [0.5, 0.6) is 0 Å². The zero-order valence-electron chi connectivity index (χ0n) is 16.2. The summed E-state index contributed by atoms with van der Waals surface area (Å²) in [5.74, 6) is 3.13. The van der Waals surface area contributed by atoms with E-state index < -0.39 is 0 Å². The first-order valence-corrected chi connectivity index (χ1v) is 12.2. The summed E-state index contributed by atoms with van der Waals surface area (Å²) in [5.41, 5.74) is 2.00. The summed E-state index contributed by atoms with van der Waals surface area (Å²) in [6.07, 6.45) is 0.756. The second kappa shape index (κ2) is 8.59. The molecule has 30 heavy (non-hydrogen) atoms. The maximum Gasteiger partial charge on any atom is 0.236 e. The molecule has 0 bridgehead atoms. The van der Waals surface area contributed by atoms with Gasteiger partial charge in [-0.2, -0.15) is 0 Å². The molecule has 0 saturated heterocycles. The van der Waals surface area contributed by atoms with Gasteiger partial charge in [0.05, 0.1) is 10.6 Å². The third-order valence-electron chi connectivity index (χ3n) is 4.59. The van der Waals surface area contributed by atoms with Gasteiger partial charge in [-0.05, 0) is 41.9 Å². The number of aryl methyl sites for hydroxylation is 1. The molecule has 5 nitrogen and oxygen atoms in total. The second-order valence-electron chi connectivity index (χ2n) is 6.61. The minimum Gasteiger partial charge on any atom is -0.440 e. The summed E-state index contributed by atoms with van der Waals surface area (Å²) in [6, 6.07) is 18.5. The van der Waals surface area contributed by atoms with E-state index in [1.807, 2.05) is 42.6 Å². The first-order valence-electron chi connectivity index (χ1n) is 9.43. The molecule has 5 aromatic rings. The topological polar surface area (TPSA) is 56.7 Å². The van der Waals surface area contributed by atoms with Gasteiger partial charge in [0.15, 0.2) is 5.16 Å². The molecule has 0 atom stereocenters. The van der Waals surface area contributed by atoms with Crippen molar-refractivity contribution in [3.8, 4) is 16.5 Å². The molecule has 0 N–H and O–H groups in total. The Kier molecular flexibility index (Phi) is 5.52. The van der Waals surface area contributed by atoms with E-state index in [2.05, 4.69) is 44.4 Å². The highest BCUT2D eigenvalue weighted by molar-refractivity contribution is 7.98. The van der Waals surface area contributed by atoms with Crippen molar-refractivity contribution in [2.75, 3.05) is 0 Å². The molecule has 4 heterocycles. The smallest absolute Gasteiger partial charge is 0.236 e. The van der Waals surface area contributed by atoms with E-state index in [1.165, 1.54) is 4.88 Å². The summed E-state index contributed by atoms with van der Waals surface area (Å²) in [6.45, 7) is 1.96. The number of thiophene rings is 2. The number of thioether (sulfide) groups is 1. The molecule has 0 unspecified atom stereocenters. The number of hydrogen-bond donors (Lipinski definition) is 0. The fourth-order valence-corrected chi connectivity index (χ4v) is 5.44. The van der Waals surface area contributed by atoms with E-state index in [0.29, 0.717) is 11.6 Å². The Morgan fingerprint density at radius 3 is 2.57 bits per heavy atom. The summed E-state index contributed by atoms with van der Waals surface area (Å²) in [7, 11) is 0. The molecule has 1 aromatic carbocycles. The van der Waals surface area contributed by atoms with Crippen molar-refractivity contribution in [1.82, 2.24) is 19.7 Å². The Morgan fingerprint density at radius 1 is 0.967 bits per heavy atom. The molecule has 0 amide bonds. The minimum absolute atomic E-state index is 0.671. The van der Waals surface area contributed by atoms with Gasteiger partial charge in [-0.3, -0.25) is 4.57 Å². The van der Waals surface area contributed by atoms with E-state index >= 15 is 0 Å². The number of para-hydroxylation sites is 1. The lowest BCUT2D eigenvalue weighted by Gasteiger charge is -2.09. The number of nitrogens with zero attached hydrogens (tertiary/aromatic N) is 4. The summed E-state index contributed by atoms with van der Waals surface area (Å²) < 4.78 is 8.02. The van der Waals surface area contributed by atoms with Gasteiger partial charge in [0.2, 0.25) is 5.89 Å². The molecular weight excluding hydrogens is 432 g/mol. The fourth-order valence-electron chi connectivity index (χ4n) is 3.11. The first kappa shape index (κ1) is 19.3. The number of rotatable bonds is 7.